The fourth-order valence-electron chi connectivity index (χ4n) is 4.37. The molecule has 5 unspecified atom stereocenters. The first-order valence-electron chi connectivity index (χ1n) is 12.0. The van der Waals surface area contributed by atoms with Crippen LogP contribution in [0.15, 0.2) is 12.1 Å². The fourth-order valence-corrected chi connectivity index (χ4v) is 9.60. The molecule has 0 saturated carbocycles. The third-order valence-electron chi connectivity index (χ3n) is 6.80. The lowest BCUT2D eigenvalue weighted by molar-refractivity contribution is -0.252. The summed E-state index contributed by atoms with van der Waals surface area (Å²) in [6.07, 6.45) is -6.18. The third-order valence-corrected chi connectivity index (χ3v) is 9.92. The van der Waals surface area contributed by atoms with E-state index in [1.807, 2.05) is 0 Å². The Balaban J connectivity index is 2.13. The Hall–Kier alpha value is -1.56. The maximum absolute atomic E-state index is 13.2. The number of nitrogens with zero attached hydrogens (tertiary/aromatic N) is 2. The summed E-state index contributed by atoms with van der Waals surface area (Å²) >= 11 is 6.34. The minimum Gasteiger partial charge on any atom is -0.398 e. The van der Waals surface area contributed by atoms with E-state index in [4.69, 9.17) is 16.2 Å². The van der Waals surface area contributed by atoms with Crippen molar-refractivity contribution in [2.75, 3.05) is 42.0 Å². The van der Waals surface area contributed by atoms with E-state index in [1.165, 1.54) is 35.8 Å². The van der Waals surface area contributed by atoms with Crippen molar-refractivity contribution in [1.29, 1.82) is 0 Å². The van der Waals surface area contributed by atoms with Gasteiger partial charge in [0.05, 0.1) is 27.1 Å². The Kier molecular flexibility index (Phi) is 11.1. The van der Waals surface area contributed by atoms with Crippen molar-refractivity contribution in [3.63, 3.8) is 0 Å². The van der Waals surface area contributed by atoms with Gasteiger partial charge in [0.25, 0.3) is 5.91 Å². The molecule has 0 aliphatic carbocycles. The molecular weight excluding hydrogens is 879 g/mol. The Morgan fingerprint density at radius 3 is 1.78 bits per heavy atom. The first kappa shape index (κ1) is 33.9. The second-order valence-corrected chi connectivity index (χ2v) is 12.7. The zero-order chi connectivity index (χ0) is 31.1. The van der Waals surface area contributed by atoms with Crippen LogP contribution in [0.25, 0.3) is 11.1 Å². The number of rotatable bonds is 6. The van der Waals surface area contributed by atoms with Gasteiger partial charge in [-0.1, -0.05) is 0 Å². The molecule has 3 rings (SSSR count). The summed E-state index contributed by atoms with van der Waals surface area (Å²) in [5.74, 6) is -1.28. The van der Waals surface area contributed by atoms with E-state index >= 15 is 0 Å². The van der Waals surface area contributed by atoms with Crippen LogP contribution in [0, 0.1) is 10.7 Å². The maximum Gasteiger partial charge on any atom is 0.255 e. The highest BCUT2D eigenvalue weighted by Crippen LogP contribution is 2.46. The Bertz CT molecular complexity index is 1320. The topological polar surface area (TPSA) is 212 Å². The number of hydrogen-bond acceptors (Lipinski definition) is 10. The Morgan fingerprint density at radius 1 is 0.902 bits per heavy atom. The van der Waals surface area contributed by atoms with Gasteiger partial charge in [0.2, 0.25) is 11.8 Å². The quantitative estimate of drug-likeness (QED) is 0.160. The highest BCUT2D eigenvalue weighted by Gasteiger charge is 2.44. The summed E-state index contributed by atoms with van der Waals surface area (Å²) < 4.78 is 7.15. The first-order valence-corrected chi connectivity index (χ1v) is 15.3. The van der Waals surface area contributed by atoms with Crippen molar-refractivity contribution >= 4 is 108 Å². The van der Waals surface area contributed by atoms with E-state index in [2.05, 4.69) is 73.1 Å². The second kappa shape index (κ2) is 13.4. The molecule has 1 fully saturated rings. The highest BCUT2D eigenvalue weighted by molar-refractivity contribution is 14.1. The van der Waals surface area contributed by atoms with Crippen molar-refractivity contribution in [2.24, 2.45) is 0 Å². The highest BCUT2D eigenvalue weighted by atomic mass is 127. The maximum atomic E-state index is 13.2. The molecular formula is C25H30I3N5O8. The van der Waals surface area contributed by atoms with E-state index in [1.54, 1.807) is 14.1 Å². The van der Waals surface area contributed by atoms with Gasteiger partial charge in [-0.15, -0.1) is 0 Å². The van der Waals surface area contributed by atoms with Crippen LogP contribution in [-0.2, 0) is 14.3 Å². The Labute approximate surface area is 277 Å². The lowest BCUT2D eigenvalue weighted by atomic mass is 9.95. The fraction of sp³-hybridized carbons (Fsp3) is 0.400. The minimum absolute atomic E-state index is 0.0277. The second-order valence-electron chi connectivity index (χ2n) is 9.43. The molecule has 1 aliphatic rings. The molecule has 16 heteroatoms. The van der Waals surface area contributed by atoms with Crippen molar-refractivity contribution in [1.82, 2.24) is 5.32 Å². The molecule has 2 aromatic carbocycles. The number of benzene rings is 2. The van der Waals surface area contributed by atoms with Gasteiger partial charge in [-0.05, 0) is 85.5 Å². The summed E-state index contributed by atoms with van der Waals surface area (Å²) in [6.45, 7) is 2.20. The lowest BCUT2D eigenvalue weighted by Gasteiger charge is -2.40. The molecule has 1 aliphatic heterocycles. The molecule has 1 heterocycles. The average Bonchev–Trinajstić information content (AvgIpc) is 2.87. The van der Waals surface area contributed by atoms with Crippen LogP contribution in [0.2, 0.25) is 0 Å². The van der Waals surface area contributed by atoms with Crippen LogP contribution in [0.4, 0.5) is 22.7 Å². The van der Waals surface area contributed by atoms with Gasteiger partial charge >= 0.3 is 0 Å². The van der Waals surface area contributed by atoms with Gasteiger partial charge in [0.1, 0.15) is 24.4 Å². The first-order chi connectivity index (χ1) is 19.0. The average molecular weight is 909 g/mol. The van der Waals surface area contributed by atoms with E-state index < -0.39 is 43.2 Å². The molecule has 0 spiro atoms. The molecule has 5 atom stereocenters. The molecule has 2 aromatic rings. The van der Waals surface area contributed by atoms with Crippen LogP contribution >= 0.6 is 67.8 Å². The summed E-state index contributed by atoms with van der Waals surface area (Å²) in [4.78, 5) is 40.9. The number of carbonyl (C=O) groups is 3. The molecule has 224 valence electrons. The number of ether oxygens (including phenoxy) is 1. The van der Waals surface area contributed by atoms with Crippen molar-refractivity contribution < 1.29 is 39.5 Å². The normalized spacial score (nSPS) is 22.3. The number of aliphatic hydroxyl groups is 4. The molecule has 13 nitrogen and oxygen atoms in total. The van der Waals surface area contributed by atoms with Crippen molar-refractivity contribution in [3.8, 4) is 11.1 Å². The number of amides is 3. The third kappa shape index (κ3) is 6.53. The number of nitrogens with two attached hydrogens (primary N) is 2. The van der Waals surface area contributed by atoms with Crippen LogP contribution in [0.5, 0.6) is 0 Å². The lowest BCUT2D eigenvalue weighted by Crippen LogP contribution is -2.64. The van der Waals surface area contributed by atoms with Crippen molar-refractivity contribution in [2.45, 2.75) is 44.5 Å². The number of nitrogens with one attached hydrogen (secondary N) is 1. The number of carbonyl (C=O) groups excluding carboxylic acids is 3. The number of hydrogen-bond donors (Lipinski definition) is 7. The monoisotopic (exact) mass is 909 g/mol. The zero-order valence-corrected chi connectivity index (χ0v) is 28.8. The predicted molar refractivity (Wildman–Crippen MR) is 178 cm³/mol. The van der Waals surface area contributed by atoms with Gasteiger partial charge in [-0.2, -0.15) is 0 Å². The summed E-state index contributed by atoms with van der Waals surface area (Å²) in [5.41, 5.74) is 14.7. The van der Waals surface area contributed by atoms with Gasteiger partial charge < -0.3 is 51.7 Å². The molecule has 0 bridgehead atoms. The van der Waals surface area contributed by atoms with Crippen LogP contribution in [-0.4, -0.2) is 89.5 Å². The SMILES string of the molecule is CC(=O)N(C)c1c(I)c(-c2cc(N)c(C(=O)NC3C(O)OC(CO)C(O)C3O)c(N)c2)c(I)c(N(C)C(C)=O)c1I. The van der Waals surface area contributed by atoms with Crippen molar-refractivity contribution in [3.05, 3.63) is 28.4 Å². The van der Waals surface area contributed by atoms with Crippen LogP contribution < -0.4 is 26.6 Å². The Morgan fingerprint density at radius 2 is 1.37 bits per heavy atom. The summed E-state index contributed by atoms with van der Waals surface area (Å²) in [5, 5.41) is 42.5. The standard InChI is InChI=1S/C25H30I3N5O8/c1-8(35)32(3)20-16(26)14(17(27)21(18(20)28)33(4)9(2)36)10-5-11(29)15(12(30)6-10)24(39)31-19-23(38)22(37)13(7-34)41-25(19)40/h5-6,13,19,22-23,25,34,37-38,40H,7,29-30H2,1-4H3,(H,31,39). The van der Waals surface area contributed by atoms with E-state index in [0.717, 1.165) is 0 Å². The molecule has 9 N–H and O–H groups in total. The molecule has 41 heavy (non-hydrogen) atoms. The smallest absolute Gasteiger partial charge is 0.255 e. The van der Waals surface area contributed by atoms with Gasteiger partial charge in [-0.25, -0.2) is 0 Å². The van der Waals surface area contributed by atoms with Crippen LogP contribution in [0.3, 0.4) is 0 Å². The largest absolute Gasteiger partial charge is 0.398 e. The van der Waals surface area contributed by atoms with E-state index in [-0.39, 0.29) is 28.8 Å². The predicted octanol–water partition coefficient (Wildman–Crippen LogP) is 0.827. The number of anilines is 4. The number of halogens is 3. The summed E-state index contributed by atoms with van der Waals surface area (Å²) in [6, 6.07) is 1.60. The molecule has 0 radical (unpaired) electrons. The van der Waals surface area contributed by atoms with Gasteiger partial charge in [-0.3, -0.25) is 14.4 Å². The minimum atomic E-state index is -1.72. The van der Waals surface area contributed by atoms with Gasteiger partial charge in [0, 0.05) is 52.0 Å². The summed E-state index contributed by atoms with van der Waals surface area (Å²) in [7, 11) is 3.26. The van der Waals surface area contributed by atoms with E-state index in [9.17, 15) is 34.8 Å². The van der Waals surface area contributed by atoms with Gasteiger partial charge in [0.15, 0.2) is 6.29 Å². The zero-order valence-electron chi connectivity index (χ0n) is 22.4. The molecule has 0 aromatic heterocycles. The van der Waals surface area contributed by atoms with Crippen LogP contribution in [0.1, 0.15) is 24.2 Å². The molecule has 1 saturated heterocycles. The van der Waals surface area contributed by atoms with E-state index in [0.29, 0.717) is 33.2 Å². The number of nitrogen functional groups attached to an aromatic ring is 2. The molecule has 3 amide bonds. The number of aliphatic hydroxyl groups excluding tert-OH is 4.